The highest BCUT2D eigenvalue weighted by molar-refractivity contribution is 5.08. The fourth-order valence-electron chi connectivity index (χ4n) is 2.17. The quantitative estimate of drug-likeness (QED) is 0.811. The normalized spacial score (nSPS) is 20.9. The van der Waals surface area contributed by atoms with E-state index in [0.29, 0.717) is 52.9 Å². The SMILES string of the molecule is c1cncc(CN2CCOCCOCCOCCOCC2)c1. The fraction of sp³-hybridized carbons (Fsp3) is 0.688. The maximum Gasteiger partial charge on any atom is 0.0701 e. The second kappa shape index (κ2) is 11.5. The summed E-state index contributed by atoms with van der Waals surface area (Å²) in [6, 6.07) is 4.05. The summed E-state index contributed by atoms with van der Waals surface area (Å²) >= 11 is 0. The van der Waals surface area contributed by atoms with Crippen LogP contribution < -0.4 is 0 Å². The number of hydrogen-bond acceptors (Lipinski definition) is 6. The summed E-state index contributed by atoms with van der Waals surface area (Å²) in [5, 5.41) is 0. The summed E-state index contributed by atoms with van der Waals surface area (Å²) in [7, 11) is 0. The first-order valence-electron chi connectivity index (χ1n) is 7.87. The van der Waals surface area contributed by atoms with E-state index >= 15 is 0 Å². The zero-order valence-electron chi connectivity index (χ0n) is 13.1. The van der Waals surface area contributed by atoms with E-state index in [2.05, 4.69) is 16.0 Å². The molecule has 2 heterocycles. The molecule has 0 spiro atoms. The van der Waals surface area contributed by atoms with Gasteiger partial charge in [-0.1, -0.05) is 6.07 Å². The van der Waals surface area contributed by atoms with E-state index in [-0.39, 0.29) is 0 Å². The molecular formula is C16H26N2O4. The van der Waals surface area contributed by atoms with Crippen LogP contribution in [0, 0.1) is 0 Å². The Balaban J connectivity index is 1.77. The van der Waals surface area contributed by atoms with Gasteiger partial charge in [0.05, 0.1) is 52.9 Å². The number of hydrogen-bond donors (Lipinski definition) is 0. The molecule has 1 aliphatic rings. The van der Waals surface area contributed by atoms with Crippen molar-refractivity contribution in [3.63, 3.8) is 0 Å². The Labute approximate surface area is 132 Å². The molecule has 0 radical (unpaired) electrons. The number of ether oxygens (including phenoxy) is 4. The Hall–Kier alpha value is -1.05. The van der Waals surface area contributed by atoms with Gasteiger partial charge in [0.15, 0.2) is 0 Å². The molecule has 0 saturated carbocycles. The van der Waals surface area contributed by atoms with Gasteiger partial charge in [0, 0.05) is 32.0 Å². The third-order valence-corrected chi connectivity index (χ3v) is 3.35. The molecule has 1 fully saturated rings. The van der Waals surface area contributed by atoms with E-state index in [1.807, 2.05) is 12.3 Å². The molecular weight excluding hydrogens is 284 g/mol. The lowest BCUT2D eigenvalue weighted by molar-refractivity contribution is 0.00206. The molecule has 124 valence electrons. The van der Waals surface area contributed by atoms with Crippen LogP contribution in [0.25, 0.3) is 0 Å². The van der Waals surface area contributed by atoms with Gasteiger partial charge < -0.3 is 18.9 Å². The first kappa shape index (κ1) is 17.3. The predicted octanol–water partition coefficient (Wildman–Crippen LogP) is 0.964. The largest absolute Gasteiger partial charge is 0.378 e. The maximum atomic E-state index is 5.61. The van der Waals surface area contributed by atoms with Crippen molar-refractivity contribution in [3.8, 4) is 0 Å². The van der Waals surface area contributed by atoms with Crippen LogP contribution in [0.4, 0.5) is 0 Å². The summed E-state index contributed by atoms with van der Waals surface area (Å²) in [6.07, 6.45) is 3.69. The van der Waals surface area contributed by atoms with Crippen molar-refractivity contribution in [2.24, 2.45) is 0 Å². The van der Waals surface area contributed by atoms with Crippen molar-refractivity contribution in [2.75, 3.05) is 65.9 Å². The summed E-state index contributed by atoms with van der Waals surface area (Å²) in [5.41, 5.74) is 1.20. The molecule has 6 heteroatoms. The van der Waals surface area contributed by atoms with Gasteiger partial charge in [0.1, 0.15) is 0 Å². The van der Waals surface area contributed by atoms with Crippen molar-refractivity contribution in [1.29, 1.82) is 0 Å². The second-order valence-electron chi connectivity index (χ2n) is 5.09. The van der Waals surface area contributed by atoms with Gasteiger partial charge in [0.25, 0.3) is 0 Å². The number of rotatable bonds is 2. The fourth-order valence-corrected chi connectivity index (χ4v) is 2.17. The van der Waals surface area contributed by atoms with Gasteiger partial charge in [-0.05, 0) is 11.6 Å². The maximum absolute atomic E-state index is 5.61. The lowest BCUT2D eigenvalue weighted by Crippen LogP contribution is -2.31. The molecule has 0 unspecified atom stereocenters. The molecule has 0 aliphatic carbocycles. The number of nitrogens with zero attached hydrogens (tertiary/aromatic N) is 2. The number of pyridine rings is 1. The van der Waals surface area contributed by atoms with E-state index in [4.69, 9.17) is 18.9 Å². The molecule has 22 heavy (non-hydrogen) atoms. The zero-order valence-corrected chi connectivity index (χ0v) is 13.1. The van der Waals surface area contributed by atoms with Crippen molar-refractivity contribution in [2.45, 2.75) is 6.54 Å². The molecule has 0 atom stereocenters. The van der Waals surface area contributed by atoms with E-state index in [0.717, 1.165) is 19.6 Å². The van der Waals surface area contributed by atoms with Gasteiger partial charge in [-0.15, -0.1) is 0 Å². The standard InChI is InChI=1S/C16H26N2O4/c1-2-16(14-17-3-1)15-18-4-6-19-8-10-21-12-13-22-11-9-20-7-5-18/h1-3,14H,4-13,15H2. The average molecular weight is 310 g/mol. The predicted molar refractivity (Wildman–Crippen MR) is 82.8 cm³/mol. The molecule has 1 aromatic heterocycles. The molecule has 1 saturated heterocycles. The van der Waals surface area contributed by atoms with Gasteiger partial charge in [-0.2, -0.15) is 0 Å². The summed E-state index contributed by atoms with van der Waals surface area (Å²) in [6.45, 7) is 7.67. The molecule has 6 nitrogen and oxygen atoms in total. The zero-order chi connectivity index (χ0) is 15.3. The van der Waals surface area contributed by atoms with Crippen LogP contribution in [0.15, 0.2) is 24.5 Å². The van der Waals surface area contributed by atoms with E-state index < -0.39 is 0 Å². The first-order chi connectivity index (χ1) is 10.9. The average Bonchev–Trinajstić information content (AvgIpc) is 2.56. The molecule has 1 aliphatic heterocycles. The van der Waals surface area contributed by atoms with Gasteiger partial charge in [-0.3, -0.25) is 9.88 Å². The third kappa shape index (κ3) is 7.82. The highest BCUT2D eigenvalue weighted by Crippen LogP contribution is 2.03. The summed E-state index contributed by atoms with van der Waals surface area (Å²) in [5.74, 6) is 0. The minimum atomic E-state index is 0.608. The van der Waals surface area contributed by atoms with Crippen molar-refractivity contribution in [3.05, 3.63) is 30.1 Å². The topological polar surface area (TPSA) is 53.1 Å². The molecule has 0 bridgehead atoms. The van der Waals surface area contributed by atoms with Crippen LogP contribution in [0.5, 0.6) is 0 Å². The van der Waals surface area contributed by atoms with Gasteiger partial charge >= 0.3 is 0 Å². The Morgan fingerprint density at radius 2 is 1.36 bits per heavy atom. The molecule has 0 N–H and O–H groups in total. The molecule has 0 aromatic carbocycles. The Bertz CT molecular complexity index is 362. The Morgan fingerprint density at radius 1 is 0.818 bits per heavy atom. The Kier molecular flexibility index (Phi) is 9.05. The van der Waals surface area contributed by atoms with Crippen LogP contribution in [0.2, 0.25) is 0 Å². The van der Waals surface area contributed by atoms with Crippen LogP contribution in [0.1, 0.15) is 5.56 Å². The van der Waals surface area contributed by atoms with Gasteiger partial charge in [-0.25, -0.2) is 0 Å². The number of aromatic nitrogens is 1. The van der Waals surface area contributed by atoms with Crippen LogP contribution in [-0.2, 0) is 25.5 Å². The van der Waals surface area contributed by atoms with Crippen LogP contribution in [-0.4, -0.2) is 75.8 Å². The van der Waals surface area contributed by atoms with Crippen LogP contribution >= 0.6 is 0 Å². The first-order valence-corrected chi connectivity index (χ1v) is 7.87. The van der Waals surface area contributed by atoms with E-state index in [9.17, 15) is 0 Å². The van der Waals surface area contributed by atoms with Crippen molar-refractivity contribution in [1.82, 2.24) is 9.88 Å². The minimum Gasteiger partial charge on any atom is -0.378 e. The lowest BCUT2D eigenvalue weighted by Gasteiger charge is -2.22. The van der Waals surface area contributed by atoms with Crippen molar-refractivity contribution >= 4 is 0 Å². The van der Waals surface area contributed by atoms with Gasteiger partial charge in [0.2, 0.25) is 0 Å². The second-order valence-corrected chi connectivity index (χ2v) is 5.09. The summed E-state index contributed by atoms with van der Waals surface area (Å²) < 4.78 is 22.1. The van der Waals surface area contributed by atoms with Crippen LogP contribution in [0.3, 0.4) is 0 Å². The molecule has 1 aromatic rings. The Morgan fingerprint density at radius 3 is 1.86 bits per heavy atom. The highest BCUT2D eigenvalue weighted by atomic mass is 16.6. The third-order valence-electron chi connectivity index (χ3n) is 3.35. The summed E-state index contributed by atoms with van der Waals surface area (Å²) in [4.78, 5) is 6.48. The minimum absolute atomic E-state index is 0.608. The monoisotopic (exact) mass is 310 g/mol. The van der Waals surface area contributed by atoms with E-state index in [1.54, 1.807) is 6.20 Å². The van der Waals surface area contributed by atoms with E-state index in [1.165, 1.54) is 5.56 Å². The molecule has 0 amide bonds. The molecule has 2 rings (SSSR count). The lowest BCUT2D eigenvalue weighted by atomic mass is 10.2. The smallest absolute Gasteiger partial charge is 0.0701 e. The highest BCUT2D eigenvalue weighted by Gasteiger charge is 2.07. The van der Waals surface area contributed by atoms with Crippen molar-refractivity contribution < 1.29 is 18.9 Å².